The Hall–Kier alpha value is -2.10. The molecular formula is C16H18N2O2. The molecule has 0 atom stereocenters. The standard InChI is InChI=1S/C16H18N2O2/c1-11-9-14(16(19)18-7-3-4-8-18)13-6-5-12(20-2)10-15(13)17-11/h5-6,9-10H,3-4,7-8H2,1-2H3. The molecule has 4 nitrogen and oxygen atoms in total. The van der Waals surface area contributed by atoms with Crippen molar-refractivity contribution in [2.24, 2.45) is 0 Å². The van der Waals surface area contributed by atoms with Crippen molar-refractivity contribution in [2.45, 2.75) is 19.8 Å². The predicted molar refractivity (Wildman–Crippen MR) is 78.2 cm³/mol. The van der Waals surface area contributed by atoms with E-state index in [9.17, 15) is 4.79 Å². The zero-order chi connectivity index (χ0) is 14.1. The van der Waals surface area contributed by atoms with Gasteiger partial charge < -0.3 is 9.64 Å². The highest BCUT2D eigenvalue weighted by Gasteiger charge is 2.21. The third-order valence-electron chi connectivity index (χ3n) is 3.77. The van der Waals surface area contributed by atoms with Crippen molar-refractivity contribution >= 4 is 16.8 Å². The molecule has 0 saturated carbocycles. The van der Waals surface area contributed by atoms with Gasteiger partial charge in [0.25, 0.3) is 5.91 Å². The molecule has 0 spiro atoms. The number of benzene rings is 1. The van der Waals surface area contributed by atoms with E-state index >= 15 is 0 Å². The maximum Gasteiger partial charge on any atom is 0.254 e. The summed E-state index contributed by atoms with van der Waals surface area (Å²) in [5.74, 6) is 0.873. The van der Waals surface area contributed by atoms with Crippen molar-refractivity contribution in [3.63, 3.8) is 0 Å². The van der Waals surface area contributed by atoms with Gasteiger partial charge in [0.1, 0.15) is 5.75 Å². The Labute approximate surface area is 118 Å². The first-order chi connectivity index (χ1) is 9.69. The first kappa shape index (κ1) is 12.9. The number of methoxy groups -OCH3 is 1. The maximum absolute atomic E-state index is 12.6. The largest absolute Gasteiger partial charge is 0.497 e. The summed E-state index contributed by atoms with van der Waals surface area (Å²) in [6, 6.07) is 7.56. The van der Waals surface area contributed by atoms with Gasteiger partial charge in [-0.1, -0.05) is 0 Å². The number of fused-ring (bicyclic) bond motifs is 1. The lowest BCUT2D eigenvalue weighted by Crippen LogP contribution is -2.27. The van der Waals surface area contributed by atoms with Crippen molar-refractivity contribution in [3.8, 4) is 5.75 Å². The van der Waals surface area contributed by atoms with Gasteiger partial charge in [-0.05, 0) is 38.0 Å². The summed E-state index contributed by atoms with van der Waals surface area (Å²) in [4.78, 5) is 19.1. The summed E-state index contributed by atoms with van der Waals surface area (Å²) in [5, 5.41) is 0.897. The number of pyridine rings is 1. The van der Waals surface area contributed by atoms with Crippen molar-refractivity contribution in [1.82, 2.24) is 9.88 Å². The molecule has 20 heavy (non-hydrogen) atoms. The Morgan fingerprint density at radius 2 is 2.00 bits per heavy atom. The van der Waals surface area contributed by atoms with Crippen molar-refractivity contribution in [2.75, 3.05) is 20.2 Å². The first-order valence-corrected chi connectivity index (χ1v) is 6.94. The molecule has 2 heterocycles. The molecule has 1 aliphatic rings. The minimum absolute atomic E-state index is 0.114. The maximum atomic E-state index is 12.6. The van der Waals surface area contributed by atoms with Gasteiger partial charge in [0, 0.05) is 30.2 Å². The summed E-state index contributed by atoms with van der Waals surface area (Å²) in [6.07, 6.45) is 2.20. The number of carbonyl (C=O) groups is 1. The molecule has 3 rings (SSSR count). The van der Waals surface area contributed by atoms with E-state index < -0.39 is 0 Å². The number of amides is 1. The van der Waals surface area contributed by atoms with Crippen LogP contribution in [0.4, 0.5) is 0 Å². The highest BCUT2D eigenvalue weighted by Crippen LogP contribution is 2.25. The second-order valence-electron chi connectivity index (χ2n) is 5.19. The molecule has 1 aromatic carbocycles. The van der Waals surface area contributed by atoms with Gasteiger partial charge in [-0.2, -0.15) is 0 Å². The predicted octanol–water partition coefficient (Wildman–Crippen LogP) is 2.79. The van der Waals surface area contributed by atoms with Crippen molar-refractivity contribution < 1.29 is 9.53 Å². The highest BCUT2D eigenvalue weighted by atomic mass is 16.5. The van der Waals surface area contributed by atoms with Crippen LogP contribution in [0.15, 0.2) is 24.3 Å². The second-order valence-corrected chi connectivity index (χ2v) is 5.19. The van der Waals surface area contributed by atoms with E-state index in [0.717, 1.165) is 53.8 Å². The Kier molecular flexibility index (Phi) is 3.30. The lowest BCUT2D eigenvalue weighted by molar-refractivity contribution is 0.0794. The summed E-state index contributed by atoms with van der Waals surface area (Å²) >= 11 is 0. The number of aromatic nitrogens is 1. The molecule has 1 aliphatic heterocycles. The van der Waals surface area contributed by atoms with Crippen LogP contribution >= 0.6 is 0 Å². The van der Waals surface area contributed by atoms with Gasteiger partial charge in [-0.3, -0.25) is 9.78 Å². The first-order valence-electron chi connectivity index (χ1n) is 6.94. The van der Waals surface area contributed by atoms with Gasteiger partial charge in [-0.15, -0.1) is 0 Å². The zero-order valence-electron chi connectivity index (χ0n) is 11.8. The van der Waals surface area contributed by atoms with E-state index in [-0.39, 0.29) is 5.91 Å². The molecule has 0 unspecified atom stereocenters. The Bertz CT molecular complexity index is 661. The smallest absolute Gasteiger partial charge is 0.254 e. The van der Waals surface area contributed by atoms with Crippen LogP contribution in [-0.4, -0.2) is 36.0 Å². The van der Waals surface area contributed by atoms with Crippen molar-refractivity contribution in [1.29, 1.82) is 0 Å². The van der Waals surface area contributed by atoms with Gasteiger partial charge >= 0.3 is 0 Å². The summed E-state index contributed by atoms with van der Waals surface area (Å²) in [5.41, 5.74) is 2.41. The number of likely N-dealkylation sites (tertiary alicyclic amines) is 1. The number of carbonyl (C=O) groups excluding carboxylic acids is 1. The van der Waals surface area contributed by atoms with Crippen LogP contribution in [0.25, 0.3) is 10.9 Å². The van der Waals surface area contributed by atoms with E-state index in [0.29, 0.717) is 0 Å². The lowest BCUT2D eigenvalue weighted by Gasteiger charge is -2.17. The average Bonchev–Trinajstić information content (AvgIpc) is 2.99. The average molecular weight is 270 g/mol. The van der Waals surface area contributed by atoms with Gasteiger partial charge in [-0.25, -0.2) is 0 Å². The SMILES string of the molecule is COc1ccc2c(C(=O)N3CCCC3)cc(C)nc2c1. The summed E-state index contributed by atoms with van der Waals surface area (Å²) < 4.78 is 5.23. The molecule has 1 amide bonds. The quantitative estimate of drug-likeness (QED) is 0.842. The van der Waals surface area contributed by atoms with Crippen LogP contribution in [0.5, 0.6) is 5.75 Å². The molecule has 104 valence electrons. The molecule has 4 heteroatoms. The Balaban J connectivity index is 2.11. The van der Waals surface area contributed by atoms with E-state index in [1.807, 2.05) is 36.1 Å². The van der Waals surface area contributed by atoms with Gasteiger partial charge in [0.15, 0.2) is 0 Å². The fourth-order valence-corrected chi connectivity index (χ4v) is 2.74. The number of hydrogen-bond donors (Lipinski definition) is 0. The minimum Gasteiger partial charge on any atom is -0.497 e. The highest BCUT2D eigenvalue weighted by molar-refractivity contribution is 6.06. The van der Waals surface area contributed by atoms with Crippen LogP contribution in [0, 0.1) is 6.92 Å². The molecule has 1 aromatic heterocycles. The topological polar surface area (TPSA) is 42.4 Å². The molecule has 0 N–H and O–H groups in total. The molecule has 1 fully saturated rings. The molecule has 2 aromatic rings. The van der Waals surface area contributed by atoms with Crippen LogP contribution < -0.4 is 4.74 Å². The van der Waals surface area contributed by atoms with Crippen LogP contribution in [0.1, 0.15) is 28.9 Å². The molecule has 0 bridgehead atoms. The fraction of sp³-hybridized carbons (Fsp3) is 0.375. The van der Waals surface area contributed by atoms with E-state index in [1.54, 1.807) is 7.11 Å². The molecule has 0 aliphatic carbocycles. The number of aryl methyl sites for hydroxylation is 1. The summed E-state index contributed by atoms with van der Waals surface area (Å²) in [7, 11) is 1.63. The van der Waals surface area contributed by atoms with Crippen LogP contribution in [0.2, 0.25) is 0 Å². The Morgan fingerprint density at radius 1 is 1.25 bits per heavy atom. The van der Waals surface area contributed by atoms with E-state index in [1.165, 1.54) is 0 Å². The van der Waals surface area contributed by atoms with Gasteiger partial charge in [0.05, 0.1) is 18.2 Å². The fourth-order valence-electron chi connectivity index (χ4n) is 2.74. The number of nitrogens with zero attached hydrogens (tertiary/aromatic N) is 2. The third kappa shape index (κ3) is 2.22. The second kappa shape index (κ2) is 5.12. The van der Waals surface area contributed by atoms with E-state index in [2.05, 4.69) is 4.98 Å². The zero-order valence-corrected chi connectivity index (χ0v) is 11.8. The summed E-state index contributed by atoms with van der Waals surface area (Å²) in [6.45, 7) is 3.63. The van der Waals surface area contributed by atoms with Crippen LogP contribution in [-0.2, 0) is 0 Å². The molecule has 0 radical (unpaired) electrons. The monoisotopic (exact) mass is 270 g/mol. The van der Waals surface area contributed by atoms with Crippen molar-refractivity contribution in [3.05, 3.63) is 35.5 Å². The number of hydrogen-bond acceptors (Lipinski definition) is 3. The van der Waals surface area contributed by atoms with E-state index in [4.69, 9.17) is 4.74 Å². The molecular weight excluding hydrogens is 252 g/mol. The normalized spacial score (nSPS) is 14.8. The number of rotatable bonds is 2. The lowest BCUT2D eigenvalue weighted by atomic mass is 10.1. The Morgan fingerprint density at radius 3 is 2.70 bits per heavy atom. The van der Waals surface area contributed by atoms with Gasteiger partial charge in [0.2, 0.25) is 0 Å². The van der Waals surface area contributed by atoms with Crippen LogP contribution in [0.3, 0.4) is 0 Å². The minimum atomic E-state index is 0.114. The third-order valence-corrected chi connectivity index (χ3v) is 3.77. The molecule has 1 saturated heterocycles. The number of ether oxygens (including phenoxy) is 1.